The van der Waals surface area contributed by atoms with E-state index in [2.05, 4.69) is 17.2 Å². The Bertz CT molecular complexity index is 1080. The number of anilines is 1. The van der Waals surface area contributed by atoms with Gasteiger partial charge in [0, 0.05) is 12.2 Å². The topological polar surface area (TPSA) is 64.0 Å². The van der Waals surface area contributed by atoms with E-state index in [1.165, 1.54) is 30.6 Å². The summed E-state index contributed by atoms with van der Waals surface area (Å²) in [6.07, 6.45) is 7.33. The van der Waals surface area contributed by atoms with Gasteiger partial charge in [-0.05, 0) is 44.4 Å². The van der Waals surface area contributed by atoms with E-state index in [-0.39, 0.29) is 11.5 Å². The molecule has 5 nitrogen and oxygen atoms in total. The minimum absolute atomic E-state index is 0.0511. The van der Waals surface area contributed by atoms with Crippen LogP contribution in [-0.4, -0.2) is 15.5 Å². The number of fused-ring (bicyclic) bond motifs is 1. The Morgan fingerprint density at radius 2 is 1.90 bits per heavy atom. The van der Waals surface area contributed by atoms with Gasteiger partial charge in [-0.2, -0.15) is 0 Å². The van der Waals surface area contributed by atoms with Gasteiger partial charge in [-0.15, -0.1) is 11.3 Å². The normalized spacial score (nSPS) is 11.2. The number of carbonyl (C=O) groups is 1. The molecule has 0 fully saturated rings. The summed E-state index contributed by atoms with van der Waals surface area (Å²) in [5.74, 6) is -0.192. The number of hydrogen-bond donors (Lipinski definition) is 1. The smallest absolute Gasteiger partial charge is 0.266 e. The quantitative estimate of drug-likeness (QED) is 0.490. The van der Waals surface area contributed by atoms with Crippen LogP contribution in [-0.2, 0) is 6.54 Å². The van der Waals surface area contributed by atoms with E-state index in [1.807, 2.05) is 39.0 Å². The molecule has 2 heterocycles. The maximum atomic E-state index is 13.0. The fourth-order valence-electron chi connectivity index (χ4n) is 3.55. The molecular weight excluding hydrogens is 382 g/mol. The molecule has 154 valence electrons. The summed E-state index contributed by atoms with van der Waals surface area (Å²) in [7, 11) is 0. The van der Waals surface area contributed by atoms with Crippen molar-refractivity contribution in [3.63, 3.8) is 0 Å². The number of aryl methyl sites for hydroxylation is 4. The minimum Gasteiger partial charge on any atom is -0.321 e. The van der Waals surface area contributed by atoms with E-state index in [4.69, 9.17) is 0 Å². The van der Waals surface area contributed by atoms with Gasteiger partial charge >= 0.3 is 0 Å². The van der Waals surface area contributed by atoms with E-state index in [0.717, 1.165) is 29.7 Å². The Balaban J connectivity index is 1.82. The van der Waals surface area contributed by atoms with Gasteiger partial charge in [-0.1, -0.05) is 50.3 Å². The van der Waals surface area contributed by atoms with Gasteiger partial charge in [-0.25, -0.2) is 4.98 Å². The second-order valence-electron chi connectivity index (χ2n) is 7.67. The van der Waals surface area contributed by atoms with Crippen molar-refractivity contribution in [2.24, 2.45) is 0 Å². The van der Waals surface area contributed by atoms with Gasteiger partial charge in [0.2, 0.25) is 0 Å². The average Bonchev–Trinajstić information content (AvgIpc) is 3.03. The highest BCUT2D eigenvalue weighted by atomic mass is 32.1. The maximum absolute atomic E-state index is 13.0. The van der Waals surface area contributed by atoms with Gasteiger partial charge in [0.15, 0.2) is 0 Å². The van der Waals surface area contributed by atoms with Gasteiger partial charge < -0.3 is 5.32 Å². The predicted octanol–water partition coefficient (Wildman–Crippen LogP) is 5.61. The standard InChI is InChI=1S/C23H29N3O2S/c1-5-6-7-8-9-12-26-14-24-22-19(23(26)28)17(4)20(29-22)21(27)25-18-11-10-15(2)13-16(18)3/h10-11,13-14H,5-9,12H2,1-4H3,(H,25,27). The lowest BCUT2D eigenvalue weighted by Crippen LogP contribution is -2.20. The SMILES string of the molecule is CCCCCCCn1cnc2sc(C(=O)Nc3ccc(C)cc3C)c(C)c2c1=O. The Labute approximate surface area is 175 Å². The molecule has 1 N–H and O–H groups in total. The molecule has 2 aromatic heterocycles. The van der Waals surface area contributed by atoms with Crippen LogP contribution in [0.3, 0.4) is 0 Å². The molecule has 0 atom stereocenters. The molecule has 0 aliphatic heterocycles. The monoisotopic (exact) mass is 411 g/mol. The number of nitrogens with one attached hydrogen (secondary N) is 1. The molecule has 1 amide bonds. The molecular formula is C23H29N3O2S. The zero-order chi connectivity index (χ0) is 21.0. The number of aromatic nitrogens is 2. The number of hydrogen-bond acceptors (Lipinski definition) is 4. The number of thiophene rings is 1. The van der Waals surface area contributed by atoms with Gasteiger partial charge in [0.25, 0.3) is 11.5 Å². The van der Waals surface area contributed by atoms with Gasteiger partial charge in [-0.3, -0.25) is 14.2 Å². The summed E-state index contributed by atoms with van der Waals surface area (Å²) in [5.41, 5.74) is 3.61. The Kier molecular flexibility index (Phi) is 6.85. The van der Waals surface area contributed by atoms with Crippen LogP contribution in [0.5, 0.6) is 0 Å². The molecule has 3 rings (SSSR count). The Hall–Kier alpha value is -2.47. The van der Waals surface area contributed by atoms with Crippen LogP contribution < -0.4 is 10.9 Å². The van der Waals surface area contributed by atoms with Gasteiger partial charge in [0.1, 0.15) is 4.83 Å². The summed E-state index contributed by atoms with van der Waals surface area (Å²) in [6, 6.07) is 5.92. The highest BCUT2D eigenvalue weighted by Gasteiger charge is 2.20. The van der Waals surface area contributed by atoms with E-state index in [1.54, 1.807) is 10.9 Å². The van der Waals surface area contributed by atoms with Crippen molar-refractivity contribution in [3.8, 4) is 0 Å². The predicted molar refractivity (Wildman–Crippen MR) is 121 cm³/mol. The molecule has 0 unspecified atom stereocenters. The second kappa shape index (κ2) is 9.35. The van der Waals surface area contributed by atoms with Crippen molar-refractivity contribution in [2.75, 3.05) is 5.32 Å². The molecule has 0 spiro atoms. The van der Waals surface area contributed by atoms with Crippen LogP contribution in [0.2, 0.25) is 0 Å². The van der Waals surface area contributed by atoms with Crippen molar-refractivity contribution in [1.82, 2.24) is 9.55 Å². The first-order chi connectivity index (χ1) is 13.9. The number of unbranched alkanes of at least 4 members (excludes halogenated alkanes) is 4. The zero-order valence-corrected chi connectivity index (χ0v) is 18.5. The lowest BCUT2D eigenvalue weighted by atomic mass is 10.1. The largest absolute Gasteiger partial charge is 0.321 e. The average molecular weight is 412 g/mol. The fraction of sp³-hybridized carbons (Fsp3) is 0.435. The number of carbonyl (C=O) groups excluding carboxylic acids is 1. The lowest BCUT2D eigenvalue weighted by Gasteiger charge is -2.08. The lowest BCUT2D eigenvalue weighted by molar-refractivity contribution is 0.103. The van der Waals surface area contributed by atoms with Crippen LogP contribution in [0.25, 0.3) is 10.2 Å². The molecule has 0 saturated carbocycles. The number of amides is 1. The Morgan fingerprint density at radius 1 is 1.14 bits per heavy atom. The third-order valence-corrected chi connectivity index (χ3v) is 6.45. The molecule has 0 radical (unpaired) electrons. The third kappa shape index (κ3) is 4.75. The fourth-order valence-corrected chi connectivity index (χ4v) is 4.59. The van der Waals surface area contributed by atoms with E-state index in [9.17, 15) is 9.59 Å². The highest BCUT2D eigenvalue weighted by Crippen LogP contribution is 2.28. The first-order valence-corrected chi connectivity index (χ1v) is 11.1. The van der Waals surface area contributed by atoms with Crippen LogP contribution in [0, 0.1) is 20.8 Å². The summed E-state index contributed by atoms with van der Waals surface area (Å²) in [5, 5.41) is 3.54. The molecule has 6 heteroatoms. The number of rotatable bonds is 8. The van der Waals surface area contributed by atoms with E-state index in [0.29, 0.717) is 27.2 Å². The maximum Gasteiger partial charge on any atom is 0.266 e. The number of benzene rings is 1. The molecule has 0 saturated heterocycles. The van der Waals surface area contributed by atoms with Crippen LogP contribution in [0.1, 0.15) is 65.4 Å². The van der Waals surface area contributed by atoms with Crippen LogP contribution >= 0.6 is 11.3 Å². The molecule has 0 aliphatic carbocycles. The van der Waals surface area contributed by atoms with Crippen molar-refractivity contribution >= 4 is 33.1 Å². The second-order valence-corrected chi connectivity index (χ2v) is 8.67. The number of nitrogens with zero attached hydrogens (tertiary/aromatic N) is 2. The molecule has 3 aromatic rings. The molecule has 29 heavy (non-hydrogen) atoms. The van der Waals surface area contributed by atoms with Crippen LogP contribution in [0.4, 0.5) is 5.69 Å². The summed E-state index contributed by atoms with van der Waals surface area (Å²) < 4.78 is 1.68. The van der Waals surface area contributed by atoms with Crippen molar-refractivity contribution in [2.45, 2.75) is 66.3 Å². The van der Waals surface area contributed by atoms with Crippen molar-refractivity contribution < 1.29 is 4.79 Å². The molecule has 0 aliphatic rings. The van der Waals surface area contributed by atoms with E-state index >= 15 is 0 Å². The third-order valence-electron chi connectivity index (χ3n) is 5.26. The van der Waals surface area contributed by atoms with E-state index < -0.39 is 0 Å². The summed E-state index contributed by atoms with van der Waals surface area (Å²) in [4.78, 5) is 31.5. The molecule has 1 aromatic carbocycles. The van der Waals surface area contributed by atoms with Crippen molar-refractivity contribution in [1.29, 1.82) is 0 Å². The van der Waals surface area contributed by atoms with Crippen molar-refractivity contribution in [3.05, 3.63) is 56.4 Å². The minimum atomic E-state index is -0.192. The summed E-state index contributed by atoms with van der Waals surface area (Å²) >= 11 is 1.28. The highest BCUT2D eigenvalue weighted by molar-refractivity contribution is 7.20. The first-order valence-electron chi connectivity index (χ1n) is 10.3. The Morgan fingerprint density at radius 3 is 2.62 bits per heavy atom. The first kappa shape index (κ1) is 21.2. The van der Waals surface area contributed by atoms with Crippen LogP contribution in [0.15, 0.2) is 29.3 Å². The molecule has 0 bridgehead atoms. The zero-order valence-electron chi connectivity index (χ0n) is 17.7. The van der Waals surface area contributed by atoms with Gasteiger partial charge in [0.05, 0.1) is 16.6 Å². The summed E-state index contributed by atoms with van der Waals surface area (Å²) in [6.45, 7) is 8.70.